The predicted octanol–water partition coefficient (Wildman–Crippen LogP) is 1.54. The van der Waals surface area contributed by atoms with E-state index in [-0.39, 0.29) is 12.5 Å². The molecule has 1 heterocycles. The first kappa shape index (κ1) is 15.1. The van der Waals surface area contributed by atoms with Crippen molar-refractivity contribution in [1.29, 1.82) is 0 Å². The second-order valence-electron chi connectivity index (χ2n) is 5.23. The number of likely N-dealkylation sites (N-methyl/N-ethyl adjacent to an activating group) is 1. The van der Waals surface area contributed by atoms with Crippen LogP contribution in [0.15, 0.2) is 18.2 Å². The molecule has 2 rings (SSSR count). The van der Waals surface area contributed by atoms with Crippen molar-refractivity contribution in [1.82, 2.24) is 4.90 Å². The van der Waals surface area contributed by atoms with Gasteiger partial charge >= 0.3 is 0 Å². The van der Waals surface area contributed by atoms with Gasteiger partial charge in [-0.15, -0.1) is 0 Å². The van der Waals surface area contributed by atoms with Crippen molar-refractivity contribution in [3.8, 4) is 0 Å². The molecular weight excluding hydrogens is 280 g/mol. The molecule has 1 saturated heterocycles. The van der Waals surface area contributed by atoms with Gasteiger partial charge in [0.15, 0.2) is 0 Å². The molecule has 1 aromatic carbocycles. The number of aliphatic hydroxyl groups is 1. The normalized spacial score (nSPS) is 17.8. The summed E-state index contributed by atoms with van der Waals surface area (Å²) in [5.41, 5.74) is 5.65. The molecule has 1 amide bonds. The highest BCUT2D eigenvalue weighted by Gasteiger charge is 2.32. The monoisotopic (exact) mass is 298 g/mol. The lowest BCUT2D eigenvalue weighted by atomic mass is 9.93. The number of ether oxygens (including phenoxy) is 1. The maximum absolute atomic E-state index is 12.4. The molecule has 0 radical (unpaired) electrons. The highest BCUT2D eigenvalue weighted by molar-refractivity contribution is 6.31. The summed E-state index contributed by atoms with van der Waals surface area (Å²) < 4.78 is 5.23. The van der Waals surface area contributed by atoms with Crippen LogP contribution < -0.4 is 5.73 Å². The molecule has 0 spiro atoms. The molecule has 0 saturated carbocycles. The van der Waals surface area contributed by atoms with Crippen molar-refractivity contribution in [2.24, 2.45) is 0 Å². The molecule has 3 N–H and O–H groups in total. The van der Waals surface area contributed by atoms with Crippen molar-refractivity contribution >= 4 is 23.2 Å². The van der Waals surface area contributed by atoms with Gasteiger partial charge in [0.25, 0.3) is 5.91 Å². The zero-order valence-electron chi connectivity index (χ0n) is 11.4. The molecule has 6 heteroatoms. The van der Waals surface area contributed by atoms with E-state index in [0.717, 1.165) is 0 Å². The van der Waals surface area contributed by atoms with Gasteiger partial charge < -0.3 is 20.5 Å². The number of rotatable bonds is 3. The predicted molar refractivity (Wildman–Crippen MR) is 77.8 cm³/mol. The molecule has 1 aromatic rings. The summed E-state index contributed by atoms with van der Waals surface area (Å²) in [6.45, 7) is 1.27. The Morgan fingerprint density at radius 1 is 1.50 bits per heavy atom. The minimum absolute atomic E-state index is 0.245. The molecule has 1 fully saturated rings. The Hall–Kier alpha value is -1.30. The number of hydrogen-bond donors (Lipinski definition) is 2. The lowest BCUT2D eigenvalue weighted by molar-refractivity contribution is -0.0734. The fraction of sp³-hybridized carbons (Fsp3) is 0.500. The van der Waals surface area contributed by atoms with Crippen molar-refractivity contribution in [2.75, 3.05) is 32.5 Å². The molecule has 20 heavy (non-hydrogen) atoms. The molecule has 0 bridgehead atoms. The summed E-state index contributed by atoms with van der Waals surface area (Å²) >= 11 is 5.89. The van der Waals surface area contributed by atoms with Crippen molar-refractivity contribution in [3.05, 3.63) is 28.8 Å². The molecule has 0 unspecified atom stereocenters. The second kappa shape index (κ2) is 5.99. The van der Waals surface area contributed by atoms with Gasteiger partial charge in [0.05, 0.1) is 11.2 Å². The summed E-state index contributed by atoms with van der Waals surface area (Å²) in [5.74, 6) is -0.245. The third-order valence-corrected chi connectivity index (χ3v) is 3.78. The average molecular weight is 299 g/mol. The molecule has 0 aliphatic carbocycles. The zero-order chi connectivity index (χ0) is 14.8. The van der Waals surface area contributed by atoms with E-state index in [1.807, 2.05) is 0 Å². The highest BCUT2D eigenvalue weighted by atomic mass is 35.5. The van der Waals surface area contributed by atoms with Crippen molar-refractivity contribution in [3.63, 3.8) is 0 Å². The minimum atomic E-state index is -0.893. The van der Waals surface area contributed by atoms with Crippen LogP contribution in [0, 0.1) is 0 Å². The average Bonchev–Trinajstić information content (AvgIpc) is 2.41. The van der Waals surface area contributed by atoms with E-state index in [1.54, 1.807) is 25.2 Å². The minimum Gasteiger partial charge on any atom is -0.398 e. The van der Waals surface area contributed by atoms with E-state index in [1.165, 1.54) is 4.90 Å². The summed E-state index contributed by atoms with van der Waals surface area (Å²) in [5, 5.41) is 10.9. The molecule has 1 aliphatic rings. The van der Waals surface area contributed by atoms with Gasteiger partial charge in [-0.05, 0) is 18.2 Å². The first-order valence-electron chi connectivity index (χ1n) is 6.52. The van der Waals surface area contributed by atoms with Crippen LogP contribution in [0.1, 0.15) is 23.2 Å². The number of carbonyl (C=O) groups is 1. The summed E-state index contributed by atoms with van der Waals surface area (Å²) in [7, 11) is 1.65. The molecular formula is C14H19ClN2O3. The number of benzene rings is 1. The van der Waals surface area contributed by atoms with Crippen LogP contribution in [0.5, 0.6) is 0 Å². The van der Waals surface area contributed by atoms with Gasteiger partial charge in [-0.3, -0.25) is 4.79 Å². The van der Waals surface area contributed by atoms with Crippen LogP contribution in [0.2, 0.25) is 5.02 Å². The number of anilines is 1. The number of hydrogen-bond acceptors (Lipinski definition) is 4. The van der Waals surface area contributed by atoms with E-state index in [9.17, 15) is 9.90 Å². The van der Waals surface area contributed by atoms with E-state index < -0.39 is 5.60 Å². The van der Waals surface area contributed by atoms with Crippen LogP contribution in [0.25, 0.3) is 0 Å². The molecule has 0 aromatic heterocycles. The van der Waals surface area contributed by atoms with Gasteiger partial charge in [-0.25, -0.2) is 0 Å². The summed E-state index contributed by atoms with van der Waals surface area (Å²) in [4.78, 5) is 13.9. The molecule has 110 valence electrons. The van der Waals surface area contributed by atoms with E-state index >= 15 is 0 Å². The smallest absolute Gasteiger partial charge is 0.255 e. The van der Waals surface area contributed by atoms with Crippen molar-refractivity contribution in [2.45, 2.75) is 18.4 Å². The first-order chi connectivity index (χ1) is 9.41. The van der Waals surface area contributed by atoms with E-state index in [0.29, 0.717) is 42.3 Å². The number of nitrogens with zero attached hydrogens (tertiary/aromatic N) is 1. The summed E-state index contributed by atoms with van der Waals surface area (Å²) in [6.07, 6.45) is 1.05. The van der Waals surface area contributed by atoms with Gasteiger partial charge in [-0.2, -0.15) is 0 Å². The third kappa shape index (κ3) is 3.42. The number of halogens is 1. The lowest BCUT2D eigenvalue weighted by Gasteiger charge is -2.35. The van der Waals surface area contributed by atoms with Gasteiger partial charge in [0.1, 0.15) is 0 Å². The van der Waals surface area contributed by atoms with Crippen LogP contribution in [-0.4, -0.2) is 48.3 Å². The SMILES string of the molecule is CN(CC1(O)CCOCC1)C(=O)c1cc(Cl)ccc1N. The standard InChI is InChI=1S/C14H19ClN2O3/c1-17(9-14(19)4-6-20-7-5-14)13(18)11-8-10(15)2-3-12(11)16/h2-3,8,19H,4-7,9,16H2,1H3. The highest BCUT2D eigenvalue weighted by Crippen LogP contribution is 2.24. The topological polar surface area (TPSA) is 75.8 Å². The molecule has 1 aliphatic heterocycles. The fourth-order valence-corrected chi connectivity index (χ4v) is 2.51. The Morgan fingerprint density at radius 2 is 2.15 bits per heavy atom. The van der Waals surface area contributed by atoms with E-state index in [2.05, 4.69) is 0 Å². The Balaban J connectivity index is 2.10. The van der Waals surface area contributed by atoms with Crippen LogP contribution in [-0.2, 0) is 4.74 Å². The van der Waals surface area contributed by atoms with E-state index in [4.69, 9.17) is 22.1 Å². The molecule has 0 atom stereocenters. The Kier molecular flexibility index (Phi) is 4.52. The first-order valence-corrected chi connectivity index (χ1v) is 6.90. The van der Waals surface area contributed by atoms with Crippen LogP contribution in [0.3, 0.4) is 0 Å². The van der Waals surface area contributed by atoms with Crippen molar-refractivity contribution < 1.29 is 14.6 Å². The Bertz CT molecular complexity index is 501. The number of carbonyl (C=O) groups excluding carboxylic acids is 1. The van der Waals surface area contributed by atoms with Gasteiger partial charge in [-0.1, -0.05) is 11.6 Å². The van der Waals surface area contributed by atoms with Gasteiger partial charge in [0.2, 0.25) is 0 Å². The maximum Gasteiger partial charge on any atom is 0.255 e. The lowest BCUT2D eigenvalue weighted by Crippen LogP contribution is -2.47. The Morgan fingerprint density at radius 3 is 2.80 bits per heavy atom. The van der Waals surface area contributed by atoms with Gasteiger partial charge in [0, 0.05) is 50.4 Å². The largest absolute Gasteiger partial charge is 0.398 e. The number of nitrogen functional groups attached to an aromatic ring is 1. The fourth-order valence-electron chi connectivity index (χ4n) is 2.34. The number of nitrogens with two attached hydrogens (primary N) is 1. The van der Waals surface area contributed by atoms with Crippen LogP contribution in [0.4, 0.5) is 5.69 Å². The zero-order valence-corrected chi connectivity index (χ0v) is 12.2. The third-order valence-electron chi connectivity index (χ3n) is 3.55. The van der Waals surface area contributed by atoms with Crippen LogP contribution >= 0.6 is 11.6 Å². The number of amides is 1. The molecule has 5 nitrogen and oxygen atoms in total. The quantitative estimate of drug-likeness (QED) is 0.830. The summed E-state index contributed by atoms with van der Waals surface area (Å²) in [6, 6.07) is 4.79. The second-order valence-corrected chi connectivity index (χ2v) is 5.67. The maximum atomic E-state index is 12.4. The Labute approximate surface area is 123 Å².